The van der Waals surface area contributed by atoms with Gasteiger partial charge in [-0.15, -0.1) is 0 Å². The second kappa shape index (κ2) is 9.52. The number of ether oxygens (including phenoxy) is 1. The first-order chi connectivity index (χ1) is 14.5. The summed E-state index contributed by atoms with van der Waals surface area (Å²) in [5.74, 6) is -1.09. The second-order valence-corrected chi connectivity index (χ2v) is 6.51. The van der Waals surface area contributed by atoms with E-state index in [9.17, 15) is 14.4 Å². The molecule has 0 saturated heterocycles. The number of carbonyl (C=O) groups excluding carboxylic acids is 2. The highest BCUT2D eigenvalue weighted by Gasteiger charge is 2.19. The minimum atomic E-state index is -0.768. The first-order valence-corrected chi connectivity index (χ1v) is 9.44. The van der Waals surface area contributed by atoms with Gasteiger partial charge in [0.1, 0.15) is 17.0 Å². The zero-order valence-corrected chi connectivity index (χ0v) is 16.7. The van der Waals surface area contributed by atoms with Gasteiger partial charge in [-0.1, -0.05) is 54.1 Å². The van der Waals surface area contributed by atoms with Crippen molar-refractivity contribution < 1.29 is 18.7 Å². The summed E-state index contributed by atoms with van der Waals surface area (Å²) in [6.45, 7) is 3.82. The molecular weight excluding hydrogens is 382 g/mol. The molecule has 0 aliphatic heterocycles. The van der Waals surface area contributed by atoms with Gasteiger partial charge < -0.3 is 14.5 Å². The number of nitrogens with one attached hydrogen (secondary N) is 1. The summed E-state index contributed by atoms with van der Waals surface area (Å²) in [7, 11) is 0. The Bertz CT molecular complexity index is 1130. The third kappa shape index (κ3) is 5.11. The first-order valence-electron chi connectivity index (χ1n) is 9.44. The fraction of sp³-hybridized carbons (Fsp3) is 0.125. The van der Waals surface area contributed by atoms with Crippen molar-refractivity contribution in [3.05, 3.63) is 99.1 Å². The number of hydrogen-bond acceptors (Lipinski definition) is 5. The summed E-state index contributed by atoms with van der Waals surface area (Å²) >= 11 is 0. The Kier molecular flexibility index (Phi) is 6.60. The number of rotatable bonds is 6. The molecule has 1 aromatic heterocycles. The van der Waals surface area contributed by atoms with Crippen molar-refractivity contribution in [2.75, 3.05) is 11.9 Å². The summed E-state index contributed by atoms with van der Waals surface area (Å²) in [6.07, 6.45) is 3.25. The van der Waals surface area contributed by atoms with Crippen LogP contribution < -0.4 is 10.9 Å². The lowest BCUT2D eigenvalue weighted by Gasteiger charge is -2.08. The van der Waals surface area contributed by atoms with E-state index in [1.165, 1.54) is 12.1 Å². The topological polar surface area (TPSA) is 85.6 Å². The van der Waals surface area contributed by atoms with Crippen LogP contribution in [0.5, 0.6) is 0 Å². The van der Waals surface area contributed by atoms with Crippen LogP contribution in [0.4, 0.5) is 5.69 Å². The molecular formula is C24H21NO5. The number of hydrogen-bond donors (Lipinski definition) is 1. The fourth-order valence-electron chi connectivity index (χ4n) is 2.70. The van der Waals surface area contributed by atoms with Crippen LogP contribution in [-0.2, 0) is 4.74 Å². The van der Waals surface area contributed by atoms with Gasteiger partial charge in [0.05, 0.1) is 6.61 Å². The van der Waals surface area contributed by atoms with Crippen LogP contribution in [0, 0.1) is 6.92 Å². The van der Waals surface area contributed by atoms with Crippen LogP contribution in [0.2, 0.25) is 0 Å². The molecule has 1 heterocycles. The second-order valence-electron chi connectivity index (χ2n) is 6.51. The molecule has 0 aliphatic rings. The predicted octanol–water partition coefficient (Wildman–Crippen LogP) is 4.55. The van der Waals surface area contributed by atoms with Crippen molar-refractivity contribution >= 4 is 29.7 Å². The van der Waals surface area contributed by atoms with E-state index in [4.69, 9.17) is 9.15 Å². The number of amides is 1. The van der Waals surface area contributed by atoms with E-state index in [-0.39, 0.29) is 23.6 Å². The Morgan fingerprint density at radius 1 is 1.03 bits per heavy atom. The molecule has 0 atom stereocenters. The van der Waals surface area contributed by atoms with Crippen LogP contribution in [0.15, 0.2) is 69.9 Å². The highest BCUT2D eigenvalue weighted by atomic mass is 16.5. The van der Waals surface area contributed by atoms with E-state index in [0.717, 1.165) is 11.1 Å². The SMILES string of the molecule is CCOC(=O)c1cc(NC(=O)c2ccccc2)c(=O)oc1/C=C/c1ccc(C)cc1. The number of anilines is 1. The maximum atomic E-state index is 12.4. The Labute approximate surface area is 173 Å². The van der Waals surface area contributed by atoms with E-state index in [1.54, 1.807) is 43.3 Å². The molecule has 2 aromatic carbocycles. The average Bonchev–Trinajstić information content (AvgIpc) is 2.75. The van der Waals surface area contributed by atoms with Gasteiger partial charge in [-0.3, -0.25) is 4.79 Å². The molecule has 0 radical (unpaired) electrons. The van der Waals surface area contributed by atoms with E-state index >= 15 is 0 Å². The van der Waals surface area contributed by atoms with Crippen molar-refractivity contribution in [3.63, 3.8) is 0 Å². The molecule has 0 aliphatic carbocycles. The Morgan fingerprint density at radius 2 is 1.73 bits per heavy atom. The maximum absolute atomic E-state index is 12.4. The molecule has 0 bridgehead atoms. The normalized spacial score (nSPS) is 10.7. The summed E-state index contributed by atoms with van der Waals surface area (Å²) in [4.78, 5) is 37.2. The van der Waals surface area contributed by atoms with E-state index in [0.29, 0.717) is 5.56 Å². The third-order valence-corrected chi connectivity index (χ3v) is 4.26. The summed E-state index contributed by atoms with van der Waals surface area (Å²) in [5, 5.41) is 2.49. The average molecular weight is 403 g/mol. The van der Waals surface area contributed by atoms with E-state index < -0.39 is 17.5 Å². The number of aryl methyl sites for hydroxylation is 1. The van der Waals surface area contributed by atoms with Gasteiger partial charge >= 0.3 is 11.6 Å². The lowest BCUT2D eigenvalue weighted by Crippen LogP contribution is -2.20. The highest BCUT2D eigenvalue weighted by Crippen LogP contribution is 2.18. The number of carbonyl (C=O) groups is 2. The third-order valence-electron chi connectivity index (χ3n) is 4.26. The Morgan fingerprint density at radius 3 is 2.40 bits per heavy atom. The van der Waals surface area contributed by atoms with Crippen molar-refractivity contribution in [3.8, 4) is 0 Å². The van der Waals surface area contributed by atoms with Gasteiger partial charge in [0.15, 0.2) is 0 Å². The molecule has 30 heavy (non-hydrogen) atoms. The quantitative estimate of drug-likeness (QED) is 0.611. The molecule has 1 amide bonds. The molecule has 3 rings (SSSR count). The Balaban J connectivity index is 1.95. The van der Waals surface area contributed by atoms with Crippen molar-refractivity contribution in [2.45, 2.75) is 13.8 Å². The molecule has 0 fully saturated rings. The lowest BCUT2D eigenvalue weighted by molar-refractivity contribution is 0.0522. The van der Waals surface area contributed by atoms with Crippen LogP contribution in [0.25, 0.3) is 12.2 Å². The monoisotopic (exact) mass is 403 g/mol. The fourth-order valence-corrected chi connectivity index (χ4v) is 2.70. The maximum Gasteiger partial charge on any atom is 0.360 e. The van der Waals surface area contributed by atoms with Crippen molar-refractivity contribution in [1.82, 2.24) is 0 Å². The lowest BCUT2D eigenvalue weighted by atomic mass is 10.1. The summed E-state index contributed by atoms with van der Waals surface area (Å²) < 4.78 is 10.4. The van der Waals surface area contributed by atoms with Crippen molar-refractivity contribution in [1.29, 1.82) is 0 Å². The molecule has 6 nitrogen and oxygen atoms in total. The summed E-state index contributed by atoms with van der Waals surface area (Å²) in [5.41, 5.74) is 1.50. The van der Waals surface area contributed by atoms with Crippen LogP contribution in [0.3, 0.4) is 0 Å². The minimum Gasteiger partial charge on any atom is -0.462 e. The molecule has 152 valence electrons. The molecule has 0 saturated carbocycles. The van der Waals surface area contributed by atoms with Gasteiger partial charge in [0, 0.05) is 5.56 Å². The van der Waals surface area contributed by atoms with Crippen LogP contribution in [-0.4, -0.2) is 18.5 Å². The largest absolute Gasteiger partial charge is 0.462 e. The number of esters is 1. The van der Waals surface area contributed by atoms with Crippen molar-refractivity contribution in [2.24, 2.45) is 0 Å². The minimum absolute atomic E-state index is 0.0446. The predicted molar refractivity (Wildman–Crippen MR) is 115 cm³/mol. The highest BCUT2D eigenvalue weighted by molar-refractivity contribution is 6.05. The molecule has 1 N–H and O–H groups in total. The molecule has 0 unspecified atom stereocenters. The smallest absolute Gasteiger partial charge is 0.360 e. The molecule has 0 spiro atoms. The van der Waals surface area contributed by atoms with Gasteiger partial charge in [0.2, 0.25) is 0 Å². The first kappa shape index (κ1) is 20.8. The van der Waals surface area contributed by atoms with E-state index in [1.807, 2.05) is 31.2 Å². The van der Waals surface area contributed by atoms with Crippen LogP contribution in [0.1, 0.15) is 44.5 Å². The van der Waals surface area contributed by atoms with Gasteiger partial charge in [-0.2, -0.15) is 0 Å². The molecule has 6 heteroatoms. The van der Waals surface area contributed by atoms with Gasteiger partial charge in [-0.05, 0) is 43.7 Å². The number of benzene rings is 2. The Hall–Kier alpha value is -3.93. The zero-order valence-electron chi connectivity index (χ0n) is 16.7. The zero-order chi connectivity index (χ0) is 21.5. The summed E-state index contributed by atoms with van der Waals surface area (Å²) in [6, 6.07) is 17.4. The van der Waals surface area contributed by atoms with Gasteiger partial charge in [0.25, 0.3) is 5.91 Å². The van der Waals surface area contributed by atoms with E-state index in [2.05, 4.69) is 5.32 Å². The van der Waals surface area contributed by atoms with Gasteiger partial charge in [-0.25, -0.2) is 9.59 Å². The van der Waals surface area contributed by atoms with Crippen LogP contribution >= 0.6 is 0 Å². The molecule has 3 aromatic rings. The standard InChI is InChI=1S/C24H21NO5/c1-3-29-23(27)19-15-20(25-22(26)18-7-5-4-6-8-18)24(28)30-21(19)14-13-17-11-9-16(2)10-12-17/h4-15H,3H2,1-2H3,(H,25,26)/b14-13+.